The molecule has 1 heterocycles. The van der Waals surface area contributed by atoms with Crippen LogP contribution < -0.4 is 10.2 Å². The first-order valence-electron chi connectivity index (χ1n) is 9.43. The maximum absolute atomic E-state index is 12.5. The molecule has 0 radical (unpaired) electrons. The molecule has 1 aliphatic heterocycles. The fourth-order valence-electron chi connectivity index (χ4n) is 3.16. The normalized spacial score (nSPS) is 12.9. The van der Waals surface area contributed by atoms with E-state index in [2.05, 4.69) is 22.4 Å². The minimum absolute atomic E-state index is 0.111. The molecule has 6 heteroatoms. The second kappa shape index (κ2) is 8.93. The Morgan fingerprint density at radius 3 is 2.25 bits per heavy atom. The van der Waals surface area contributed by atoms with Gasteiger partial charge in [-0.15, -0.1) is 0 Å². The Labute approximate surface area is 170 Å². The van der Waals surface area contributed by atoms with Gasteiger partial charge in [-0.25, -0.2) is 0 Å². The minimum Gasteiger partial charge on any atom is -0.364 e. The minimum atomic E-state index is -0.218. The second-order valence-corrected chi connectivity index (χ2v) is 6.96. The van der Waals surface area contributed by atoms with Gasteiger partial charge in [0.05, 0.1) is 10.6 Å². The molecule has 0 aromatic heterocycles. The fraction of sp³-hybridized carbons (Fsp3) is 0.273. The molecule has 28 heavy (non-hydrogen) atoms. The molecule has 0 saturated carbocycles. The number of carbonyl (C=O) groups is 2. The molecule has 0 fully saturated rings. The van der Waals surface area contributed by atoms with Crippen LogP contribution >= 0.6 is 11.6 Å². The molecule has 5 nitrogen and oxygen atoms in total. The highest BCUT2D eigenvalue weighted by atomic mass is 35.5. The zero-order valence-electron chi connectivity index (χ0n) is 16.1. The van der Waals surface area contributed by atoms with Gasteiger partial charge in [0.1, 0.15) is 0 Å². The SMILES string of the molecule is CCN(CC)C(=O)c1ccc(NC(=O)c2ccc(N3CC=CC3)cc2)cc1Cl. The van der Waals surface area contributed by atoms with Crippen molar-refractivity contribution in [1.29, 1.82) is 0 Å². The van der Waals surface area contributed by atoms with Crippen molar-refractivity contribution in [3.63, 3.8) is 0 Å². The lowest BCUT2D eigenvalue weighted by atomic mass is 10.1. The molecule has 2 aromatic rings. The van der Waals surface area contributed by atoms with Gasteiger partial charge in [0.15, 0.2) is 0 Å². The Balaban J connectivity index is 1.68. The van der Waals surface area contributed by atoms with E-state index in [1.165, 1.54) is 0 Å². The molecule has 0 unspecified atom stereocenters. The largest absolute Gasteiger partial charge is 0.364 e. The third kappa shape index (κ3) is 4.37. The van der Waals surface area contributed by atoms with Crippen LogP contribution in [0.15, 0.2) is 54.6 Å². The Morgan fingerprint density at radius 2 is 1.68 bits per heavy atom. The molecule has 0 spiro atoms. The zero-order valence-corrected chi connectivity index (χ0v) is 16.9. The summed E-state index contributed by atoms with van der Waals surface area (Å²) in [5.74, 6) is -0.329. The summed E-state index contributed by atoms with van der Waals surface area (Å²) in [7, 11) is 0. The maximum Gasteiger partial charge on any atom is 0.255 e. The van der Waals surface area contributed by atoms with Gasteiger partial charge in [0, 0.05) is 43.1 Å². The molecule has 0 saturated heterocycles. The van der Waals surface area contributed by atoms with Crippen LogP contribution in [0.25, 0.3) is 0 Å². The monoisotopic (exact) mass is 397 g/mol. The topological polar surface area (TPSA) is 52.7 Å². The van der Waals surface area contributed by atoms with Crippen molar-refractivity contribution >= 4 is 34.8 Å². The van der Waals surface area contributed by atoms with Crippen molar-refractivity contribution in [2.45, 2.75) is 13.8 Å². The number of amides is 2. The highest BCUT2D eigenvalue weighted by molar-refractivity contribution is 6.34. The molecular weight excluding hydrogens is 374 g/mol. The van der Waals surface area contributed by atoms with Gasteiger partial charge in [0.25, 0.3) is 11.8 Å². The van der Waals surface area contributed by atoms with Crippen molar-refractivity contribution in [3.8, 4) is 0 Å². The lowest BCUT2D eigenvalue weighted by Gasteiger charge is -2.19. The van der Waals surface area contributed by atoms with Gasteiger partial charge in [-0.05, 0) is 56.3 Å². The van der Waals surface area contributed by atoms with Crippen LogP contribution in [0.3, 0.4) is 0 Å². The van der Waals surface area contributed by atoms with Gasteiger partial charge in [-0.1, -0.05) is 23.8 Å². The van der Waals surface area contributed by atoms with Crippen LogP contribution in [0.4, 0.5) is 11.4 Å². The van der Waals surface area contributed by atoms with Gasteiger partial charge in [0.2, 0.25) is 0 Å². The summed E-state index contributed by atoms with van der Waals surface area (Å²) in [4.78, 5) is 28.9. The van der Waals surface area contributed by atoms with Crippen LogP contribution in [-0.4, -0.2) is 42.9 Å². The van der Waals surface area contributed by atoms with E-state index in [9.17, 15) is 9.59 Å². The number of hydrogen-bond donors (Lipinski definition) is 1. The van der Waals surface area contributed by atoms with Crippen molar-refractivity contribution in [2.75, 3.05) is 36.4 Å². The first-order chi connectivity index (χ1) is 13.5. The number of nitrogens with one attached hydrogen (secondary N) is 1. The number of carbonyl (C=O) groups excluding carboxylic acids is 2. The first kappa shape index (κ1) is 20.0. The van der Waals surface area contributed by atoms with Crippen molar-refractivity contribution in [3.05, 3.63) is 70.8 Å². The Bertz CT molecular complexity index is 881. The lowest BCUT2D eigenvalue weighted by Crippen LogP contribution is -2.30. The number of benzene rings is 2. The number of rotatable bonds is 6. The van der Waals surface area contributed by atoms with E-state index in [4.69, 9.17) is 11.6 Å². The summed E-state index contributed by atoms with van der Waals surface area (Å²) in [5, 5.41) is 3.16. The number of halogens is 1. The Kier molecular flexibility index (Phi) is 6.37. The summed E-state index contributed by atoms with van der Waals surface area (Å²) < 4.78 is 0. The van der Waals surface area contributed by atoms with Crippen molar-refractivity contribution < 1.29 is 9.59 Å². The summed E-state index contributed by atoms with van der Waals surface area (Å²) >= 11 is 6.29. The highest BCUT2D eigenvalue weighted by Crippen LogP contribution is 2.23. The molecule has 1 aliphatic rings. The Morgan fingerprint density at radius 1 is 1.04 bits per heavy atom. The van der Waals surface area contributed by atoms with Gasteiger partial charge >= 0.3 is 0 Å². The van der Waals surface area contributed by atoms with Crippen LogP contribution in [0.2, 0.25) is 5.02 Å². The summed E-state index contributed by atoms with van der Waals surface area (Å²) in [6, 6.07) is 12.5. The molecule has 0 bridgehead atoms. The van der Waals surface area contributed by atoms with Crippen molar-refractivity contribution in [1.82, 2.24) is 4.90 Å². The van der Waals surface area contributed by atoms with Gasteiger partial charge < -0.3 is 15.1 Å². The number of hydrogen-bond acceptors (Lipinski definition) is 3. The third-order valence-electron chi connectivity index (χ3n) is 4.82. The lowest BCUT2D eigenvalue weighted by molar-refractivity contribution is 0.0773. The first-order valence-corrected chi connectivity index (χ1v) is 9.81. The second-order valence-electron chi connectivity index (χ2n) is 6.55. The van der Waals surface area contributed by atoms with E-state index in [1.54, 1.807) is 23.1 Å². The molecule has 146 valence electrons. The van der Waals surface area contributed by atoms with E-state index < -0.39 is 0 Å². The average molecular weight is 398 g/mol. The molecule has 0 aliphatic carbocycles. The van der Waals surface area contributed by atoms with E-state index in [0.717, 1.165) is 18.8 Å². The van der Waals surface area contributed by atoms with E-state index >= 15 is 0 Å². The molecule has 1 N–H and O–H groups in total. The summed E-state index contributed by atoms with van der Waals surface area (Å²) in [5.41, 5.74) is 2.64. The van der Waals surface area contributed by atoms with E-state index in [-0.39, 0.29) is 11.8 Å². The van der Waals surface area contributed by atoms with Crippen LogP contribution in [0.1, 0.15) is 34.6 Å². The molecular formula is C22H24ClN3O2. The smallest absolute Gasteiger partial charge is 0.255 e. The molecule has 0 atom stereocenters. The Hall–Kier alpha value is -2.79. The predicted octanol–water partition coefficient (Wildman–Crippen LogP) is 4.45. The summed E-state index contributed by atoms with van der Waals surface area (Å²) in [6.07, 6.45) is 4.25. The quantitative estimate of drug-likeness (QED) is 0.732. The molecule has 2 aromatic carbocycles. The zero-order chi connectivity index (χ0) is 20.1. The van der Waals surface area contributed by atoms with E-state index in [0.29, 0.717) is 34.9 Å². The van der Waals surface area contributed by atoms with Gasteiger partial charge in [-0.2, -0.15) is 0 Å². The van der Waals surface area contributed by atoms with Crippen molar-refractivity contribution in [2.24, 2.45) is 0 Å². The van der Waals surface area contributed by atoms with E-state index in [1.807, 2.05) is 38.1 Å². The third-order valence-corrected chi connectivity index (χ3v) is 5.13. The predicted molar refractivity (Wildman–Crippen MR) is 114 cm³/mol. The highest BCUT2D eigenvalue weighted by Gasteiger charge is 2.17. The average Bonchev–Trinajstić information content (AvgIpc) is 3.24. The van der Waals surface area contributed by atoms with Gasteiger partial charge in [-0.3, -0.25) is 9.59 Å². The maximum atomic E-state index is 12.5. The molecule has 3 rings (SSSR count). The van der Waals surface area contributed by atoms with Crippen LogP contribution in [0, 0.1) is 0 Å². The van der Waals surface area contributed by atoms with Crippen LogP contribution in [-0.2, 0) is 0 Å². The standard InChI is InChI=1S/C22H24ClN3O2/c1-3-25(4-2)22(28)19-12-9-17(15-20(19)23)24-21(27)16-7-10-18(11-8-16)26-13-5-6-14-26/h5-12,15H,3-4,13-14H2,1-2H3,(H,24,27). The summed E-state index contributed by atoms with van der Waals surface area (Å²) in [6.45, 7) is 6.87. The van der Waals surface area contributed by atoms with Crippen LogP contribution in [0.5, 0.6) is 0 Å². The fourth-order valence-corrected chi connectivity index (χ4v) is 3.42. The number of nitrogens with zero attached hydrogens (tertiary/aromatic N) is 2. The molecule has 2 amide bonds. The number of anilines is 2.